The van der Waals surface area contributed by atoms with Gasteiger partial charge in [0.25, 0.3) is 0 Å². The molecule has 0 radical (unpaired) electrons. The second kappa shape index (κ2) is 6.14. The fourth-order valence-electron chi connectivity index (χ4n) is 2.20. The predicted octanol–water partition coefficient (Wildman–Crippen LogP) is 1.75. The molecule has 1 amide bonds. The van der Waals surface area contributed by atoms with Crippen molar-refractivity contribution in [3.63, 3.8) is 0 Å². The number of carbonyl (C=O) groups excluding carboxylic acids is 1. The van der Waals surface area contributed by atoms with E-state index in [4.69, 9.17) is 4.74 Å². The molecule has 2 heterocycles. The number of carbonyl (C=O) groups is 1. The second-order valence-electron chi connectivity index (χ2n) is 4.53. The minimum absolute atomic E-state index is 0.0823. The lowest BCUT2D eigenvalue weighted by Gasteiger charge is -2.25. The van der Waals surface area contributed by atoms with Gasteiger partial charge in [-0.15, -0.1) is 11.3 Å². The Kier molecular flexibility index (Phi) is 4.77. The largest absolute Gasteiger partial charge is 0.384 e. The number of thiophene rings is 1. The molecular formula is C12H17BrN2O2S. The molecule has 6 heteroatoms. The minimum Gasteiger partial charge on any atom is -0.384 e. The first-order chi connectivity index (χ1) is 8.66. The van der Waals surface area contributed by atoms with Gasteiger partial charge in [-0.2, -0.15) is 0 Å². The van der Waals surface area contributed by atoms with Crippen LogP contribution in [0.1, 0.15) is 11.3 Å². The van der Waals surface area contributed by atoms with Crippen molar-refractivity contribution in [2.75, 3.05) is 26.8 Å². The number of nitrogens with one attached hydrogen (secondary N) is 2. The first-order valence-electron chi connectivity index (χ1n) is 5.88. The van der Waals surface area contributed by atoms with Crippen molar-refractivity contribution in [1.29, 1.82) is 0 Å². The summed E-state index contributed by atoms with van der Waals surface area (Å²) in [7, 11) is 1.64. The van der Waals surface area contributed by atoms with Crippen LogP contribution in [0.25, 0.3) is 0 Å². The van der Waals surface area contributed by atoms with Crippen molar-refractivity contribution in [3.05, 3.63) is 20.8 Å². The summed E-state index contributed by atoms with van der Waals surface area (Å²) in [6.07, 6.45) is 0.834. The van der Waals surface area contributed by atoms with Crippen LogP contribution in [0.3, 0.4) is 0 Å². The van der Waals surface area contributed by atoms with Crippen molar-refractivity contribution in [3.8, 4) is 0 Å². The van der Waals surface area contributed by atoms with E-state index in [0.717, 1.165) is 21.6 Å². The third-order valence-electron chi connectivity index (χ3n) is 3.20. The number of ether oxygens (including phenoxy) is 1. The Labute approximate surface area is 119 Å². The highest BCUT2D eigenvalue weighted by Crippen LogP contribution is 2.27. The molecule has 0 saturated carbocycles. The highest BCUT2D eigenvalue weighted by atomic mass is 79.9. The van der Waals surface area contributed by atoms with Gasteiger partial charge in [0.1, 0.15) is 0 Å². The maximum Gasteiger partial charge on any atom is 0.230 e. The molecule has 0 aromatic carbocycles. The van der Waals surface area contributed by atoms with Crippen LogP contribution in [0.15, 0.2) is 15.9 Å². The van der Waals surface area contributed by atoms with E-state index in [9.17, 15) is 4.79 Å². The number of methoxy groups -OCH3 is 1. The Morgan fingerprint density at radius 3 is 3.06 bits per heavy atom. The van der Waals surface area contributed by atoms with Crippen molar-refractivity contribution in [1.82, 2.24) is 10.6 Å². The average Bonchev–Trinajstić information content (AvgIpc) is 2.97. The van der Waals surface area contributed by atoms with Gasteiger partial charge in [-0.05, 0) is 41.0 Å². The number of hydrogen-bond acceptors (Lipinski definition) is 4. The third kappa shape index (κ3) is 3.12. The summed E-state index contributed by atoms with van der Waals surface area (Å²) >= 11 is 5.06. The molecular weight excluding hydrogens is 316 g/mol. The Balaban J connectivity index is 1.93. The topological polar surface area (TPSA) is 50.4 Å². The Hall–Kier alpha value is -0.430. The monoisotopic (exact) mass is 332 g/mol. The summed E-state index contributed by atoms with van der Waals surface area (Å²) < 4.78 is 6.28. The molecule has 1 aromatic heterocycles. The molecule has 1 unspecified atom stereocenters. The van der Waals surface area contributed by atoms with E-state index in [1.54, 1.807) is 18.4 Å². The van der Waals surface area contributed by atoms with E-state index < -0.39 is 5.41 Å². The minimum atomic E-state index is -0.400. The molecule has 1 saturated heterocycles. The molecule has 1 aliphatic heterocycles. The zero-order valence-corrected chi connectivity index (χ0v) is 12.7. The Bertz CT molecular complexity index is 416. The van der Waals surface area contributed by atoms with Crippen LogP contribution in [0.4, 0.5) is 0 Å². The quantitative estimate of drug-likeness (QED) is 0.863. The smallest absolute Gasteiger partial charge is 0.230 e. The molecule has 1 aromatic rings. The average molecular weight is 333 g/mol. The lowest BCUT2D eigenvalue weighted by Crippen LogP contribution is -2.45. The first kappa shape index (κ1) is 14.0. The van der Waals surface area contributed by atoms with E-state index in [1.165, 1.54) is 0 Å². The molecule has 0 aliphatic carbocycles. The number of amides is 1. The Morgan fingerprint density at radius 1 is 1.67 bits per heavy atom. The predicted molar refractivity (Wildman–Crippen MR) is 75.7 cm³/mol. The molecule has 4 nitrogen and oxygen atoms in total. The van der Waals surface area contributed by atoms with Crippen LogP contribution in [-0.4, -0.2) is 32.7 Å². The van der Waals surface area contributed by atoms with E-state index >= 15 is 0 Å². The van der Waals surface area contributed by atoms with Crippen LogP contribution < -0.4 is 10.6 Å². The standard InChI is InChI=1S/C12H17BrN2O2S/c1-17-8-12(4-5-14-7-12)11(16)15-6-9-2-3-10(13)18-9/h2-3,14H,4-8H2,1H3,(H,15,16). The van der Waals surface area contributed by atoms with E-state index in [2.05, 4.69) is 26.6 Å². The first-order valence-corrected chi connectivity index (χ1v) is 7.49. The van der Waals surface area contributed by atoms with Crippen LogP contribution in [0.2, 0.25) is 0 Å². The van der Waals surface area contributed by atoms with Crippen LogP contribution in [0.5, 0.6) is 0 Å². The maximum absolute atomic E-state index is 12.3. The molecule has 100 valence electrons. The summed E-state index contributed by atoms with van der Waals surface area (Å²) in [5.41, 5.74) is -0.400. The lowest BCUT2D eigenvalue weighted by molar-refractivity contribution is -0.133. The van der Waals surface area contributed by atoms with Crippen LogP contribution >= 0.6 is 27.3 Å². The van der Waals surface area contributed by atoms with Gasteiger partial charge in [0.15, 0.2) is 0 Å². The molecule has 0 spiro atoms. The van der Waals surface area contributed by atoms with Gasteiger partial charge in [-0.25, -0.2) is 0 Å². The van der Waals surface area contributed by atoms with Gasteiger partial charge in [0.2, 0.25) is 5.91 Å². The maximum atomic E-state index is 12.3. The summed E-state index contributed by atoms with van der Waals surface area (Å²) in [6, 6.07) is 4.01. The van der Waals surface area contributed by atoms with Gasteiger partial charge in [-0.1, -0.05) is 0 Å². The molecule has 18 heavy (non-hydrogen) atoms. The van der Waals surface area contributed by atoms with E-state index in [0.29, 0.717) is 19.7 Å². The van der Waals surface area contributed by atoms with Crippen molar-refractivity contribution >= 4 is 33.2 Å². The fraction of sp³-hybridized carbons (Fsp3) is 0.583. The van der Waals surface area contributed by atoms with E-state index in [1.807, 2.05) is 12.1 Å². The van der Waals surface area contributed by atoms with Crippen LogP contribution in [-0.2, 0) is 16.1 Å². The molecule has 1 aliphatic rings. The summed E-state index contributed by atoms with van der Waals surface area (Å²) in [6.45, 7) is 2.63. The van der Waals surface area contributed by atoms with Gasteiger partial charge in [0.05, 0.1) is 22.4 Å². The van der Waals surface area contributed by atoms with Crippen molar-refractivity contribution in [2.24, 2.45) is 5.41 Å². The SMILES string of the molecule is COCC1(C(=O)NCc2ccc(Br)s2)CCNC1. The molecule has 2 rings (SSSR count). The zero-order valence-electron chi connectivity index (χ0n) is 10.3. The molecule has 1 fully saturated rings. The summed E-state index contributed by atoms with van der Waals surface area (Å²) in [5.74, 6) is 0.0823. The van der Waals surface area contributed by atoms with Crippen molar-refractivity contribution in [2.45, 2.75) is 13.0 Å². The zero-order chi connectivity index (χ0) is 13.0. The van der Waals surface area contributed by atoms with Crippen molar-refractivity contribution < 1.29 is 9.53 Å². The summed E-state index contributed by atoms with van der Waals surface area (Å²) in [5, 5.41) is 6.25. The Morgan fingerprint density at radius 2 is 2.50 bits per heavy atom. The number of halogens is 1. The van der Waals surface area contributed by atoms with Gasteiger partial charge < -0.3 is 15.4 Å². The lowest BCUT2D eigenvalue weighted by atomic mass is 9.87. The van der Waals surface area contributed by atoms with Gasteiger partial charge in [-0.3, -0.25) is 4.79 Å². The molecule has 0 bridgehead atoms. The summed E-state index contributed by atoms with van der Waals surface area (Å²) in [4.78, 5) is 13.4. The highest BCUT2D eigenvalue weighted by molar-refractivity contribution is 9.11. The molecule has 2 N–H and O–H groups in total. The second-order valence-corrected chi connectivity index (χ2v) is 7.08. The molecule has 1 atom stereocenters. The third-order valence-corrected chi connectivity index (χ3v) is 4.82. The normalized spacial score (nSPS) is 23.2. The van der Waals surface area contributed by atoms with Gasteiger partial charge >= 0.3 is 0 Å². The number of hydrogen-bond donors (Lipinski definition) is 2. The van der Waals surface area contributed by atoms with E-state index in [-0.39, 0.29) is 5.91 Å². The number of rotatable bonds is 5. The van der Waals surface area contributed by atoms with Gasteiger partial charge in [0, 0.05) is 18.5 Å². The fourth-order valence-corrected chi connectivity index (χ4v) is 3.63. The van der Waals surface area contributed by atoms with Crippen LogP contribution in [0, 0.1) is 5.41 Å². The highest BCUT2D eigenvalue weighted by Gasteiger charge is 2.41.